The number of nitrogens with zero attached hydrogens (tertiary/aromatic N) is 4. The number of amides is 1. The van der Waals surface area contributed by atoms with E-state index < -0.39 is 0 Å². The van der Waals surface area contributed by atoms with Crippen LogP contribution in [0.1, 0.15) is 12.7 Å². The van der Waals surface area contributed by atoms with E-state index in [0.29, 0.717) is 23.1 Å². The Kier molecular flexibility index (Phi) is 4.01. The van der Waals surface area contributed by atoms with Crippen LogP contribution in [-0.2, 0) is 4.79 Å². The summed E-state index contributed by atoms with van der Waals surface area (Å²) in [5.41, 5.74) is 0.710. The second-order valence-electron chi connectivity index (χ2n) is 4.88. The molecule has 1 aromatic carbocycles. The number of carbonyl (C=O) groups is 1. The second-order valence-corrected chi connectivity index (χ2v) is 4.88. The Morgan fingerprint density at radius 1 is 1.13 bits per heavy atom. The maximum atomic E-state index is 11.0. The molecular formula is C16H15N5O2. The molecule has 0 spiro atoms. The fraction of sp³-hybridized carbons (Fsp3) is 0.125. The van der Waals surface area contributed by atoms with Gasteiger partial charge in [0.15, 0.2) is 5.82 Å². The Hall–Kier alpha value is -3.22. The van der Waals surface area contributed by atoms with Crippen molar-refractivity contribution in [3.05, 3.63) is 54.6 Å². The molecule has 3 rings (SSSR count). The molecule has 116 valence electrons. The van der Waals surface area contributed by atoms with Crippen molar-refractivity contribution in [3.63, 3.8) is 0 Å². The minimum absolute atomic E-state index is 0.116. The standard InChI is InChI=1S/C16H15N5O2/c1-11-17-9-10-21(11)15-7-8-16(20-19-15)23-14-5-3-13(4-6-14)18-12(2)22/h3-10H,1-2H3,(H,18,22). The van der Waals surface area contributed by atoms with Crippen LogP contribution in [0.5, 0.6) is 11.6 Å². The number of aryl methyl sites for hydroxylation is 1. The van der Waals surface area contributed by atoms with Crippen LogP contribution >= 0.6 is 0 Å². The molecule has 7 nitrogen and oxygen atoms in total. The van der Waals surface area contributed by atoms with Gasteiger partial charge in [-0.15, -0.1) is 10.2 Å². The smallest absolute Gasteiger partial charge is 0.238 e. The summed E-state index contributed by atoms with van der Waals surface area (Å²) in [4.78, 5) is 15.1. The van der Waals surface area contributed by atoms with Crippen molar-refractivity contribution in [3.8, 4) is 17.4 Å². The van der Waals surface area contributed by atoms with Crippen LogP contribution in [0.4, 0.5) is 5.69 Å². The van der Waals surface area contributed by atoms with Gasteiger partial charge in [0.05, 0.1) is 0 Å². The Labute approximate surface area is 133 Å². The van der Waals surface area contributed by atoms with Crippen molar-refractivity contribution in [2.45, 2.75) is 13.8 Å². The number of hydrogen-bond acceptors (Lipinski definition) is 5. The highest BCUT2D eigenvalue weighted by molar-refractivity contribution is 5.88. The third kappa shape index (κ3) is 3.52. The average molecular weight is 309 g/mol. The van der Waals surface area contributed by atoms with Crippen molar-refractivity contribution in [1.82, 2.24) is 19.7 Å². The molecular weight excluding hydrogens is 294 g/mol. The minimum Gasteiger partial charge on any atom is -0.438 e. The summed E-state index contributed by atoms with van der Waals surface area (Å²) in [6.45, 7) is 3.35. The molecule has 0 atom stereocenters. The number of benzene rings is 1. The molecule has 0 saturated heterocycles. The third-order valence-corrected chi connectivity index (χ3v) is 3.10. The van der Waals surface area contributed by atoms with Crippen molar-refractivity contribution >= 4 is 11.6 Å². The zero-order valence-electron chi connectivity index (χ0n) is 12.7. The summed E-state index contributed by atoms with van der Waals surface area (Å²) >= 11 is 0. The quantitative estimate of drug-likeness (QED) is 0.801. The number of anilines is 1. The maximum Gasteiger partial charge on any atom is 0.238 e. The SMILES string of the molecule is CC(=O)Nc1ccc(Oc2ccc(-n3ccnc3C)nn2)cc1. The van der Waals surface area contributed by atoms with E-state index in [1.807, 2.05) is 23.8 Å². The van der Waals surface area contributed by atoms with E-state index in [1.165, 1.54) is 6.92 Å². The van der Waals surface area contributed by atoms with E-state index in [4.69, 9.17) is 4.74 Å². The predicted octanol–water partition coefficient (Wildman–Crippen LogP) is 2.72. The van der Waals surface area contributed by atoms with Crippen LogP contribution in [0.15, 0.2) is 48.8 Å². The summed E-state index contributed by atoms with van der Waals surface area (Å²) in [5.74, 6) is 2.39. The lowest BCUT2D eigenvalue weighted by Crippen LogP contribution is -2.05. The molecule has 2 heterocycles. The molecule has 1 amide bonds. The molecule has 1 N–H and O–H groups in total. The summed E-state index contributed by atoms with van der Waals surface area (Å²) in [5, 5.41) is 10.9. The van der Waals surface area contributed by atoms with Crippen LogP contribution in [0.2, 0.25) is 0 Å². The van der Waals surface area contributed by atoms with Gasteiger partial charge in [-0.1, -0.05) is 0 Å². The van der Waals surface area contributed by atoms with Crippen molar-refractivity contribution in [1.29, 1.82) is 0 Å². The van der Waals surface area contributed by atoms with Gasteiger partial charge in [0.25, 0.3) is 0 Å². The number of aromatic nitrogens is 4. The molecule has 3 aromatic rings. The maximum absolute atomic E-state index is 11.0. The summed E-state index contributed by atoms with van der Waals surface area (Å²) in [7, 11) is 0. The van der Waals surface area contributed by atoms with E-state index >= 15 is 0 Å². The molecule has 0 aliphatic carbocycles. The lowest BCUT2D eigenvalue weighted by atomic mass is 10.3. The Morgan fingerprint density at radius 3 is 2.48 bits per heavy atom. The van der Waals surface area contributed by atoms with Gasteiger partial charge in [-0.2, -0.15) is 0 Å². The number of ether oxygens (including phenoxy) is 1. The molecule has 7 heteroatoms. The van der Waals surface area contributed by atoms with Gasteiger partial charge in [-0.3, -0.25) is 9.36 Å². The summed E-state index contributed by atoms with van der Waals surface area (Å²) < 4.78 is 7.46. The van der Waals surface area contributed by atoms with E-state index in [-0.39, 0.29) is 5.91 Å². The Bertz CT molecular complexity index is 809. The molecule has 23 heavy (non-hydrogen) atoms. The number of carbonyl (C=O) groups excluding carboxylic acids is 1. The molecule has 0 unspecified atom stereocenters. The number of imidazole rings is 1. The van der Waals surface area contributed by atoms with Gasteiger partial charge in [-0.05, 0) is 37.3 Å². The molecule has 2 aromatic heterocycles. The summed E-state index contributed by atoms with van der Waals surface area (Å²) in [6, 6.07) is 10.6. The van der Waals surface area contributed by atoms with Crippen LogP contribution in [-0.4, -0.2) is 25.7 Å². The molecule has 0 bridgehead atoms. The number of nitrogens with one attached hydrogen (secondary N) is 1. The van der Waals surface area contributed by atoms with Gasteiger partial charge < -0.3 is 10.1 Å². The Balaban J connectivity index is 1.71. The van der Waals surface area contributed by atoms with Crippen LogP contribution < -0.4 is 10.1 Å². The molecule has 0 saturated carbocycles. The lowest BCUT2D eigenvalue weighted by Gasteiger charge is -2.07. The fourth-order valence-corrected chi connectivity index (χ4v) is 2.05. The number of rotatable bonds is 4. The first-order valence-corrected chi connectivity index (χ1v) is 7.01. The van der Waals surface area contributed by atoms with Gasteiger partial charge in [-0.25, -0.2) is 4.98 Å². The molecule has 0 aliphatic heterocycles. The van der Waals surface area contributed by atoms with E-state index in [9.17, 15) is 4.79 Å². The molecule has 0 fully saturated rings. The predicted molar refractivity (Wildman–Crippen MR) is 84.7 cm³/mol. The normalized spacial score (nSPS) is 10.3. The van der Waals surface area contributed by atoms with Crippen molar-refractivity contribution < 1.29 is 9.53 Å². The molecule has 0 radical (unpaired) electrons. The first-order valence-electron chi connectivity index (χ1n) is 7.01. The highest BCUT2D eigenvalue weighted by Crippen LogP contribution is 2.21. The minimum atomic E-state index is -0.116. The lowest BCUT2D eigenvalue weighted by molar-refractivity contribution is -0.114. The number of hydrogen-bond donors (Lipinski definition) is 1. The Morgan fingerprint density at radius 2 is 1.91 bits per heavy atom. The largest absolute Gasteiger partial charge is 0.438 e. The van der Waals surface area contributed by atoms with E-state index in [2.05, 4.69) is 20.5 Å². The monoisotopic (exact) mass is 309 g/mol. The highest BCUT2D eigenvalue weighted by Gasteiger charge is 2.05. The van der Waals surface area contributed by atoms with Crippen LogP contribution in [0.25, 0.3) is 5.82 Å². The first-order chi connectivity index (χ1) is 11.1. The molecule has 0 aliphatic rings. The van der Waals surface area contributed by atoms with Crippen molar-refractivity contribution in [2.24, 2.45) is 0 Å². The average Bonchev–Trinajstić information content (AvgIpc) is 2.96. The van der Waals surface area contributed by atoms with Gasteiger partial charge >= 0.3 is 0 Å². The summed E-state index contributed by atoms with van der Waals surface area (Å²) in [6.07, 6.45) is 3.53. The van der Waals surface area contributed by atoms with E-state index in [1.54, 1.807) is 36.5 Å². The van der Waals surface area contributed by atoms with Gasteiger partial charge in [0, 0.05) is 31.1 Å². The fourth-order valence-electron chi connectivity index (χ4n) is 2.05. The van der Waals surface area contributed by atoms with E-state index in [0.717, 1.165) is 5.82 Å². The first kappa shape index (κ1) is 14.7. The van der Waals surface area contributed by atoms with Gasteiger partial charge in [0.2, 0.25) is 11.8 Å². The zero-order chi connectivity index (χ0) is 16.2. The van der Waals surface area contributed by atoms with Crippen LogP contribution in [0.3, 0.4) is 0 Å². The van der Waals surface area contributed by atoms with Crippen molar-refractivity contribution in [2.75, 3.05) is 5.32 Å². The second kappa shape index (κ2) is 6.27. The van der Waals surface area contributed by atoms with Crippen LogP contribution in [0, 0.1) is 6.92 Å². The third-order valence-electron chi connectivity index (χ3n) is 3.10. The topological polar surface area (TPSA) is 81.9 Å². The zero-order valence-corrected chi connectivity index (χ0v) is 12.7. The highest BCUT2D eigenvalue weighted by atomic mass is 16.5. The van der Waals surface area contributed by atoms with Gasteiger partial charge in [0.1, 0.15) is 11.6 Å².